The van der Waals surface area contributed by atoms with Gasteiger partial charge >= 0.3 is 0 Å². The van der Waals surface area contributed by atoms with Crippen LogP contribution in [0.15, 0.2) is 59.5 Å². The van der Waals surface area contributed by atoms with E-state index >= 15 is 0 Å². The molecule has 0 bridgehead atoms. The van der Waals surface area contributed by atoms with E-state index in [1.165, 1.54) is 16.4 Å². The molecule has 1 amide bonds. The van der Waals surface area contributed by atoms with Gasteiger partial charge in [-0.25, -0.2) is 13.1 Å². The summed E-state index contributed by atoms with van der Waals surface area (Å²) in [5, 5.41) is 7.34. The third-order valence-electron chi connectivity index (χ3n) is 5.24. The molecule has 3 aromatic rings. The number of amides is 1. The number of hydrogen-bond acceptors (Lipinski definition) is 5. The minimum Gasteiger partial charge on any atom is -0.379 e. The highest BCUT2D eigenvalue weighted by Crippen LogP contribution is 2.22. The van der Waals surface area contributed by atoms with Gasteiger partial charge in [0.1, 0.15) is 0 Å². The van der Waals surface area contributed by atoms with E-state index in [1.54, 1.807) is 23.7 Å². The number of benzene rings is 2. The monoisotopic (exact) mass is 440 g/mol. The first-order chi connectivity index (χ1) is 14.9. The molecule has 1 fully saturated rings. The van der Waals surface area contributed by atoms with E-state index in [0.717, 1.165) is 11.4 Å². The van der Waals surface area contributed by atoms with E-state index in [9.17, 15) is 13.2 Å². The Labute approximate surface area is 181 Å². The SMILES string of the molecule is Cc1nn(-c2ccccc2)c(C)c1C(=O)Nc1ccc(S(=O)(=O)N2CCOCC2)cc1. The minimum absolute atomic E-state index is 0.191. The molecule has 162 valence electrons. The molecule has 0 aliphatic carbocycles. The number of hydrogen-bond donors (Lipinski definition) is 1. The summed E-state index contributed by atoms with van der Waals surface area (Å²) >= 11 is 0. The molecule has 0 saturated carbocycles. The predicted octanol–water partition coefficient (Wildman–Crippen LogP) is 2.76. The van der Waals surface area contributed by atoms with Crippen LogP contribution in [0.5, 0.6) is 0 Å². The summed E-state index contributed by atoms with van der Waals surface area (Å²) in [7, 11) is -3.57. The topological polar surface area (TPSA) is 93.5 Å². The predicted molar refractivity (Wildman–Crippen MR) is 117 cm³/mol. The molecule has 4 rings (SSSR count). The van der Waals surface area contributed by atoms with Gasteiger partial charge in [0.25, 0.3) is 5.91 Å². The van der Waals surface area contributed by atoms with Crippen LogP contribution in [0, 0.1) is 13.8 Å². The number of nitrogens with zero attached hydrogens (tertiary/aromatic N) is 3. The van der Waals surface area contributed by atoms with Crippen molar-refractivity contribution < 1.29 is 17.9 Å². The van der Waals surface area contributed by atoms with Crippen molar-refractivity contribution in [1.82, 2.24) is 14.1 Å². The van der Waals surface area contributed by atoms with Gasteiger partial charge in [-0.05, 0) is 50.2 Å². The zero-order chi connectivity index (χ0) is 22.0. The van der Waals surface area contributed by atoms with E-state index in [0.29, 0.717) is 43.2 Å². The van der Waals surface area contributed by atoms with Crippen LogP contribution < -0.4 is 5.32 Å². The van der Waals surface area contributed by atoms with Crippen LogP contribution in [0.3, 0.4) is 0 Å². The lowest BCUT2D eigenvalue weighted by molar-refractivity contribution is 0.0730. The molecule has 1 saturated heterocycles. The second-order valence-electron chi connectivity index (χ2n) is 7.29. The number of carbonyl (C=O) groups excluding carboxylic acids is 1. The lowest BCUT2D eigenvalue weighted by atomic mass is 10.1. The van der Waals surface area contributed by atoms with Gasteiger partial charge in [0, 0.05) is 18.8 Å². The highest BCUT2D eigenvalue weighted by Gasteiger charge is 2.26. The molecular formula is C22H24N4O4S. The van der Waals surface area contributed by atoms with Gasteiger partial charge in [0.05, 0.1) is 40.7 Å². The van der Waals surface area contributed by atoms with Gasteiger partial charge in [-0.1, -0.05) is 18.2 Å². The summed E-state index contributed by atoms with van der Waals surface area (Å²) in [6.07, 6.45) is 0. The number of ether oxygens (including phenoxy) is 1. The number of sulfonamides is 1. The fourth-order valence-electron chi connectivity index (χ4n) is 3.63. The average molecular weight is 441 g/mol. The van der Waals surface area contributed by atoms with E-state index in [1.807, 2.05) is 37.3 Å². The third-order valence-corrected chi connectivity index (χ3v) is 7.15. The van der Waals surface area contributed by atoms with E-state index in [-0.39, 0.29) is 10.8 Å². The van der Waals surface area contributed by atoms with Gasteiger partial charge in [-0.2, -0.15) is 9.40 Å². The highest BCUT2D eigenvalue weighted by atomic mass is 32.2. The fourth-order valence-corrected chi connectivity index (χ4v) is 5.04. The Morgan fingerprint density at radius 1 is 1.00 bits per heavy atom. The molecule has 0 radical (unpaired) electrons. The maximum Gasteiger partial charge on any atom is 0.259 e. The number of morpholine rings is 1. The third kappa shape index (κ3) is 4.25. The number of aromatic nitrogens is 2. The van der Waals surface area contributed by atoms with Crippen molar-refractivity contribution in [2.24, 2.45) is 0 Å². The number of carbonyl (C=O) groups is 1. The molecule has 1 aromatic heterocycles. The van der Waals surface area contributed by atoms with Crippen LogP contribution in [-0.2, 0) is 14.8 Å². The van der Waals surface area contributed by atoms with Crippen molar-refractivity contribution in [2.75, 3.05) is 31.6 Å². The molecule has 0 spiro atoms. The molecule has 2 heterocycles. The van der Waals surface area contributed by atoms with Crippen LogP contribution in [0.25, 0.3) is 5.69 Å². The summed E-state index contributed by atoms with van der Waals surface area (Å²) in [5.41, 5.74) is 3.23. The molecular weight excluding hydrogens is 416 g/mol. The fraction of sp³-hybridized carbons (Fsp3) is 0.273. The Kier molecular flexibility index (Phi) is 5.90. The van der Waals surface area contributed by atoms with Crippen LogP contribution in [0.1, 0.15) is 21.7 Å². The molecule has 1 N–H and O–H groups in total. The van der Waals surface area contributed by atoms with Crippen molar-refractivity contribution >= 4 is 21.6 Å². The Morgan fingerprint density at radius 3 is 2.29 bits per heavy atom. The van der Waals surface area contributed by atoms with Crippen molar-refractivity contribution in [3.8, 4) is 5.69 Å². The first-order valence-electron chi connectivity index (χ1n) is 9.99. The highest BCUT2D eigenvalue weighted by molar-refractivity contribution is 7.89. The first-order valence-corrected chi connectivity index (χ1v) is 11.4. The second kappa shape index (κ2) is 8.62. The maximum atomic E-state index is 12.9. The van der Waals surface area contributed by atoms with Crippen LogP contribution in [0.2, 0.25) is 0 Å². The van der Waals surface area contributed by atoms with Crippen molar-refractivity contribution in [3.63, 3.8) is 0 Å². The molecule has 0 atom stereocenters. The van der Waals surface area contributed by atoms with Crippen molar-refractivity contribution in [3.05, 3.63) is 71.5 Å². The lowest BCUT2D eigenvalue weighted by Crippen LogP contribution is -2.40. The average Bonchev–Trinajstić information content (AvgIpc) is 3.09. The van der Waals surface area contributed by atoms with E-state index < -0.39 is 10.0 Å². The molecule has 31 heavy (non-hydrogen) atoms. The Bertz CT molecular complexity index is 1180. The van der Waals surface area contributed by atoms with Crippen molar-refractivity contribution in [1.29, 1.82) is 0 Å². The number of rotatable bonds is 5. The van der Waals surface area contributed by atoms with Crippen LogP contribution in [0.4, 0.5) is 5.69 Å². The maximum absolute atomic E-state index is 12.9. The zero-order valence-electron chi connectivity index (χ0n) is 17.4. The van der Waals surface area contributed by atoms with Crippen LogP contribution >= 0.6 is 0 Å². The molecule has 1 aliphatic rings. The normalized spacial score (nSPS) is 15.0. The second-order valence-corrected chi connectivity index (χ2v) is 9.23. The van der Waals surface area contributed by atoms with Gasteiger partial charge < -0.3 is 10.1 Å². The molecule has 9 heteroatoms. The lowest BCUT2D eigenvalue weighted by Gasteiger charge is -2.26. The number of nitrogens with one attached hydrogen (secondary N) is 1. The minimum atomic E-state index is -3.57. The Morgan fingerprint density at radius 2 is 1.65 bits per heavy atom. The summed E-state index contributed by atoms with van der Waals surface area (Å²) in [6, 6.07) is 15.8. The molecule has 2 aromatic carbocycles. The van der Waals surface area contributed by atoms with E-state index in [4.69, 9.17) is 4.74 Å². The summed E-state index contributed by atoms with van der Waals surface area (Å²) in [4.78, 5) is 13.1. The van der Waals surface area contributed by atoms with E-state index in [2.05, 4.69) is 10.4 Å². The quantitative estimate of drug-likeness (QED) is 0.659. The standard InChI is InChI=1S/C22H24N4O4S/c1-16-21(17(2)26(24-16)19-6-4-3-5-7-19)22(27)23-18-8-10-20(11-9-18)31(28,29)25-12-14-30-15-13-25/h3-11H,12-15H2,1-2H3,(H,23,27). The number of para-hydroxylation sites is 1. The van der Waals surface area contributed by atoms with Gasteiger partial charge in [-0.15, -0.1) is 0 Å². The van der Waals surface area contributed by atoms with Crippen LogP contribution in [-0.4, -0.2) is 54.7 Å². The number of aryl methyl sites for hydroxylation is 1. The Hall–Kier alpha value is -3.01. The van der Waals surface area contributed by atoms with Gasteiger partial charge in [0.2, 0.25) is 10.0 Å². The van der Waals surface area contributed by atoms with Gasteiger partial charge in [-0.3, -0.25) is 4.79 Å². The number of anilines is 1. The summed E-state index contributed by atoms with van der Waals surface area (Å²) < 4.78 is 33.9. The summed E-state index contributed by atoms with van der Waals surface area (Å²) in [5.74, 6) is -0.291. The van der Waals surface area contributed by atoms with Gasteiger partial charge in [0.15, 0.2) is 0 Å². The molecule has 8 nitrogen and oxygen atoms in total. The smallest absolute Gasteiger partial charge is 0.259 e. The largest absolute Gasteiger partial charge is 0.379 e. The zero-order valence-corrected chi connectivity index (χ0v) is 18.2. The summed E-state index contributed by atoms with van der Waals surface area (Å²) in [6.45, 7) is 5.10. The Balaban J connectivity index is 1.53. The molecule has 1 aliphatic heterocycles. The molecule has 0 unspecified atom stereocenters. The van der Waals surface area contributed by atoms with Crippen molar-refractivity contribution in [2.45, 2.75) is 18.7 Å². The first kappa shape index (κ1) is 21.2.